The molecule has 0 saturated carbocycles. The molecule has 44 heavy (non-hydrogen) atoms. The number of aromatic nitrogens is 4. The van der Waals surface area contributed by atoms with Gasteiger partial charge < -0.3 is 14.2 Å². The van der Waals surface area contributed by atoms with Crippen LogP contribution in [0.5, 0.6) is 5.88 Å². The third-order valence-electron chi connectivity index (χ3n) is 7.39. The molecule has 4 atom stereocenters. The minimum atomic E-state index is -0.775. The maximum absolute atomic E-state index is 13.8. The number of carbonyl (C=O) groups excluding carboxylic acids is 3. The first-order valence-electron chi connectivity index (χ1n) is 14.5. The molecule has 1 saturated heterocycles. The third kappa shape index (κ3) is 6.25. The van der Waals surface area contributed by atoms with Gasteiger partial charge in [0, 0.05) is 18.8 Å². The highest BCUT2D eigenvalue weighted by molar-refractivity contribution is 5.98. The lowest BCUT2D eigenvalue weighted by atomic mass is 9.92. The number of nitrogens with zero attached hydrogens (tertiary/aromatic N) is 5. The summed E-state index contributed by atoms with van der Waals surface area (Å²) in [5, 5.41) is 2.69. The summed E-state index contributed by atoms with van der Waals surface area (Å²) >= 11 is 0. The summed E-state index contributed by atoms with van der Waals surface area (Å²) in [4.78, 5) is 53.4. The zero-order chi connectivity index (χ0) is 31.5. The number of anilines is 3. The van der Waals surface area contributed by atoms with E-state index in [9.17, 15) is 14.4 Å². The average Bonchev–Trinajstić information content (AvgIpc) is 3.55. The number of ether oxygens (including phenoxy) is 3. The number of nitrogens with one attached hydrogen (secondary N) is 1. The van der Waals surface area contributed by atoms with Gasteiger partial charge in [-0.3, -0.25) is 19.5 Å². The second-order valence-corrected chi connectivity index (χ2v) is 11.4. The fourth-order valence-corrected chi connectivity index (χ4v) is 5.26. The Balaban J connectivity index is 1.60. The zero-order valence-electron chi connectivity index (χ0n) is 25.5. The molecular weight excluding hydrogens is 564 g/mol. The molecule has 1 N–H and O–H groups in total. The van der Waals surface area contributed by atoms with Crippen LogP contribution in [-0.2, 0) is 19.1 Å². The lowest BCUT2D eigenvalue weighted by molar-refractivity contribution is -0.153. The Bertz CT molecular complexity index is 1600. The van der Waals surface area contributed by atoms with Gasteiger partial charge in [0.1, 0.15) is 0 Å². The number of benzene rings is 2. The fraction of sp³-hybridized carbons (Fsp3) is 0.375. The van der Waals surface area contributed by atoms with Gasteiger partial charge in [-0.15, -0.1) is 0 Å². The van der Waals surface area contributed by atoms with Crippen LogP contribution in [0.2, 0.25) is 0 Å². The molecule has 230 valence electrons. The van der Waals surface area contributed by atoms with Crippen molar-refractivity contribution in [2.75, 3.05) is 10.2 Å². The van der Waals surface area contributed by atoms with Crippen LogP contribution in [0.4, 0.5) is 22.1 Å². The first-order valence-corrected chi connectivity index (χ1v) is 14.5. The van der Waals surface area contributed by atoms with Gasteiger partial charge in [-0.05, 0) is 30.2 Å². The highest BCUT2D eigenvalue weighted by Crippen LogP contribution is 2.41. The number of carbonyl (C=O) groups is 3. The first kappa shape index (κ1) is 30.6. The minimum Gasteiger partial charge on any atom is -0.457 e. The van der Waals surface area contributed by atoms with E-state index >= 15 is 0 Å². The first-order chi connectivity index (χ1) is 21.0. The Morgan fingerprint density at radius 3 is 2.11 bits per heavy atom. The summed E-state index contributed by atoms with van der Waals surface area (Å²) in [6.45, 7) is 10.9. The smallest absolute Gasteiger partial charge is 0.425 e. The monoisotopic (exact) mass is 600 g/mol. The minimum absolute atomic E-state index is 0.0813. The van der Waals surface area contributed by atoms with Crippen LogP contribution in [-0.4, -0.2) is 49.7 Å². The van der Waals surface area contributed by atoms with Crippen LogP contribution in [0.15, 0.2) is 67.0 Å². The Labute approximate surface area is 255 Å². The second kappa shape index (κ2) is 12.8. The number of fused-ring (bicyclic) bond motifs is 1. The summed E-state index contributed by atoms with van der Waals surface area (Å²) in [5.41, 5.74) is 1.54. The van der Waals surface area contributed by atoms with E-state index in [1.54, 1.807) is 42.7 Å². The molecule has 1 aliphatic heterocycles. The molecule has 4 aromatic rings. The van der Waals surface area contributed by atoms with E-state index in [2.05, 4.69) is 20.3 Å². The van der Waals surface area contributed by atoms with Crippen molar-refractivity contribution < 1.29 is 28.6 Å². The summed E-state index contributed by atoms with van der Waals surface area (Å²) in [5.74, 6) is -1.38. The Morgan fingerprint density at radius 2 is 1.57 bits per heavy atom. The molecule has 0 radical (unpaired) electrons. The van der Waals surface area contributed by atoms with Crippen molar-refractivity contribution in [3.8, 4) is 5.88 Å². The molecule has 2 aromatic carbocycles. The van der Waals surface area contributed by atoms with Crippen LogP contribution in [0.1, 0.15) is 47.8 Å². The van der Waals surface area contributed by atoms with Crippen molar-refractivity contribution in [2.45, 2.75) is 60.0 Å². The zero-order valence-corrected chi connectivity index (χ0v) is 25.5. The van der Waals surface area contributed by atoms with Crippen LogP contribution in [0, 0.1) is 17.8 Å². The van der Waals surface area contributed by atoms with Crippen molar-refractivity contribution in [1.82, 2.24) is 19.5 Å². The van der Waals surface area contributed by atoms with Crippen LogP contribution < -0.4 is 15.0 Å². The van der Waals surface area contributed by atoms with Gasteiger partial charge in [-0.2, -0.15) is 9.97 Å². The van der Waals surface area contributed by atoms with Crippen molar-refractivity contribution in [1.29, 1.82) is 0 Å². The predicted octanol–water partition coefficient (Wildman–Crippen LogP) is 5.88. The summed E-state index contributed by atoms with van der Waals surface area (Å²) in [6.07, 6.45) is -0.900. The molecule has 0 aliphatic carbocycles. The number of hydrogen-bond donors (Lipinski definition) is 1. The van der Waals surface area contributed by atoms with Crippen molar-refractivity contribution >= 4 is 46.5 Å². The summed E-state index contributed by atoms with van der Waals surface area (Å²) in [7, 11) is 0. The van der Waals surface area contributed by atoms with E-state index < -0.39 is 24.4 Å². The largest absolute Gasteiger partial charge is 0.457 e. The van der Waals surface area contributed by atoms with E-state index in [1.165, 1.54) is 18.2 Å². The Morgan fingerprint density at radius 1 is 0.955 bits per heavy atom. The second-order valence-electron chi connectivity index (χ2n) is 11.4. The molecule has 12 heteroatoms. The van der Waals surface area contributed by atoms with E-state index in [0.29, 0.717) is 11.4 Å². The van der Waals surface area contributed by atoms with Gasteiger partial charge in [0.05, 0.1) is 23.8 Å². The third-order valence-corrected chi connectivity index (χ3v) is 7.39. The van der Waals surface area contributed by atoms with Gasteiger partial charge in [-0.1, -0.05) is 71.0 Å². The summed E-state index contributed by atoms with van der Waals surface area (Å²) in [6, 6.07) is 18.1. The number of imidazole rings is 1. The number of amides is 2. The number of rotatable bonds is 8. The van der Waals surface area contributed by atoms with Crippen molar-refractivity contribution in [3.63, 3.8) is 0 Å². The molecule has 12 nitrogen and oxygen atoms in total. The fourth-order valence-electron chi connectivity index (χ4n) is 5.26. The lowest BCUT2D eigenvalue weighted by Gasteiger charge is -2.23. The van der Waals surface area contributed by atoms with E-state index in [4.69, 9.17) is 14.2 Å². The van der Waals surface area contributed by atoms with Crippen molar-refractivity contribution in [2.24, 2.45) is 17.8 Å². The normalized spacial score (nSPS) is 19.7. The predicted molar refractivity (Wildman–Crippen MR) is 163 cm³/mol. The quantitative estimate of drug-likeness (QED) is 0.246. The van der Waals surface area contributed by atoms with Crippen LogP contribution in [0.25, 0.3) is 11.2 Å². The van der Waals surface area contributed by atoms with Gasteiger partial charge in [-0.25, -0.2) is 14.7 Å². The molecule has 1 unspecified atom stereocenters. The topological polar surface area (TPSA) is 138 Å². The maximum Gasteiger partial charge on any atom is 0.425 e. The Kier molecular flexibility index (Phi) is 8.91. The highest BCUT2D eigenvalue weighted by Gasteiger charge is 2.47. The molecule has 0 bridgehead atoms. The molecule has 5 rings (SSSR count). The molecule has 2 aromatic heterocycles. The maximum atomic E-state index is 13.8. The van der Waals surface area contributed by atoms with Gasteiger partial charge in [0.2, 0.25) is 11.9 Å². The molecule has 1 aliphatic rings. The van der Waals surface area contributed by atoms with E-state index in [1.807, 2.05) is 57.2 Å². The molecule has 0 spiro atoms. The molecular formula is C32H36N6O6. The standard InChI is InChI=1S/C32H36N6O6/c1-18(2)25-20(5)26(42-21(6)39)30(43-25)37-17-33-24-27(37)34-31(35-28(40)19(3)4)36-29(24)44-32(41)38(22-13-9-7-10-14-22)23-15-11-8-12-16-23/h7-20,25-26,30H,1-6H3,(H,34,35,36,40)/t20-,25+,26?,30+/m0/s1. The van der Waals surface area contributed by atoms with Gasteiger partial charge >= 0.3 is 12.1 Å². The molecule has 3 heterocycles. The van der Waals surface area contributed by atoms with Crippen LogP contribution >= 0.6 is 0 Å². The van der Waals surface area contributed by atoms with Gasteiger partial charge in [0.25, 0.3) is 5.88 Å². The number of para-hydroxylation sites is 2. The van der Waals surface area contributed by atoms with Gasteiger partial charge in [0.15, 0.2) is 23.5 Å². The molecule has 1 fully saturated rings. The highest BCUT2D eigenvalue weighted by atomic mass is 16.6. The van der Waals surface area contributed by atoms with E-state index in [-0.39, 0.29) is 52.8 Å². The summed E-state index contributed by atoms with van der Waals surface area (Å²) < 4.78 is 19.7. The lowest BCUT2D eigenvalue weighted by Crippen LogP contribution is -2.30. The number of hydrogen-bond acceptors (Lipinski definition) is 9. The van der Waals surface area contributed by atoms with E-state index in [0.717, 1.165) is 0 Å². The van der Waals surface area contributed by atoms with Crippen molar-refractivity contribution in [3.05, 3.63) is 67.0 Å². The SMILES string of the molecule is CC(=O)OC1[C@@H](C)[C@@H](C(C)C)O[C@H]1n1cnc2c(OC(=O)N(c3ccccc3)c3ccccc3)nc(NC(=O)C(C)C)nc21. The molecule has 2 amide bonds. The number of esters is 1. The Hall–Kier alpha value is -4.84. The van der Waals surface area contributed by atoms with Crippen LogP contribution in [0.3, 0.4) is 0 Å². The average molecular weight is 601 g/mol.